The molecule has 2 fully saturated rings. The lowest BCUT2D eigenvalue weighted by atomic mass is 9.72. The summed E-state index contributed by atoms with van der Waals surface area (Å²) >= 11 is 0. The third kappa shape index (κ3) is 3.21. The van der Waals surface area contributed by atoms with Crippen molar-refractivity contribution in [3.05, 3.63) is 53.3 Å². The minimum atomic E-state index is 0.0130. The van der Waals surface area contributed by atoms with Crippen LogP contribution in [0.15, 0.2) is 36.7 Å². The summed E-state index contributed by atoms with van der Waals surface area (Å²) in [4.78, 5) is 17.0. The second-order valence-electron chi connectivity index (χ2n) is 7.80. The predicted octanol–water partition coefficient (Wildman–Crippen LogP) is 3.07. The third-order valence-corrected chi connectivity index (χ3v) is 5.78. The molecular weight excluding hydrogens is 312 g/mol. The highest BCUT2D eigenvalue weighted by Gasteiger charge is 2.45. The van der Waals surface area contributed by atoms with Gasteiger partial charge < -0.3 is 4.90 Å². The number of nitrogens with zero attached hydrogens (tertiary/aromatic N) is 4. The zero-order valence-corrected chi connectivity index (χ0v) is 15.1. The van der Waals surface area contributed by atoms with Crippen LogP contribution < -0.4 is 0 Å². The summed E-state index contributed by atoms with van der Waals surface area (Å²) in [6.07, 6.45) is 5.74. The lowest BCUT2D eigenvalue weighted by Gasteiger charge is -2.54. The number of carbonyl (C=O) groups excluding carboxylic acids is 1. The van der Waals surface area contributed by atoms with Crippen LogP contribution in [0.3, 0.4) is 0 Å². The minimum absolute atomic E-state index is 0.0130. The fraction of sp³-hybridized carbons (Fsp3) is 0.500. The van der Waals surface area contributed by atoms with Crippen molar-refractivity contribution in [1.29, 1.82) is 0 Å². The Morgan fingerprint density at radius 1 is 1.16 bits per heavy atom. The standard InChI is InChI=1S/C20H26N4O/c1-16-11-21-24(12-16)19(25)23-9-7-20(8-10-23)14-22(15-20)13-18-6-4-3-5-17(18)2/h3-6,11-12H,7-10,13-15H2,1-2H3. The van der Waals surface area contributed by atoms with Gasteiger partial charge in [0.2, 0.25) is 0 Å². The monoisotopic (exact) mass is 338 g/mol. The van der Waals surface area contributed by atoms with E-state index in [2.05, 4.69) is 41.2 Å². The number of rotatable bonds is 2. The Labute approximate surface area is 149 Å². The lowest BCUT2D eigenvalue weighted by Crippen LogP contribution is -2.60. The molecule has 4 rings (SSSR count). The maximum absolute atomic E-state index is 12.5. The van der Waals surface area contributed by atoms with Crippen LogP contribution in [0.4, 0.5) is 4.79 Å². The van der Waals surface area contributed by atoms with Gasteiger partial charge in [-0.05, 0) is 48.8 Å². The molecular formula is C20H26N4O. The molecule has 0 saturated carbocycles. The molecule has 5 heteroatoms. The molecule has 2 aliphatic rings. The maximum Gasteiger partial charge on any atom is 0.344 e. The number of amides is 1. The highest BCUT2D eigenvalue weighted by molar-refractivity contribution is 5.76. The number of likely N-dealkylation sites (tertiary alicyclic amines) is 2. The van der Waals surface area contributed by atoms with Gasteiger partial charge in [-0.15, -0.1) is 0 Å². The van der Waals surface area contributed by atoms with Crippen LogP contribution in [-0.4, -0.2) is 51.8 Å². The Morgan fingerprint density at radius 3 is 2.52 bits per heavy atom. The zero-order chi connectivity index (χ0) is 17.4. The molecule has 2 saturated heterocycles. The Kier molecular flexibility index (Phi) is 4.12. The van der Waals surface area contributed by atoms with Crippen molar-refractivity contribution in [2.24, 2.45) is 5.41 Å². The van der Waals surface area contributed by atoms with Crippen LogP contribution in [0.1, 0.15) is 29.5 Å². The SMILES string of the molecule is Cc1cnn(C(=O)N2CCC3(CC2)CN(Cc2ccccc2C)C3)c1. The van der Waals surface area contributed by atoms with E-state index in [0.717, 1.165) is 51.1 Å². The van der Waals surface area contributed by atoms with Crippen molar-refractivity contribution in [2.45, 2.75) is 33.2 Å². The molecule has 1 aromatic carbocycles. The molecule has 3 heterocycles. The molecule has 0 radical (unpaired) electrons. The minimum Gasteiger partial charge on any atom is -0.323 e. The predicted molar refractivity (Wildman–Crippen MR) is 97.5 cm³/mol. The molecule has 2 aliphatic heterocycles. The van der Waals surface area contributed by atoms with Crippen LogP contribution >= 0.6 is 0 Å². The molecule has 2 aromatic rings. The van der Waals surface area contributed by atoms with Gasteiger partial charge in [0.25, 0.3) is 0 Å². The summed E-state index contributed by atoms with van der Waals surface area (Å²) in [7, 11) is 0. The first kappa shape index (κ1) is 16.3. The van der Waals surface area contributed by atoms with Gasteiger partial charge in [0.1, 0.15) is 0 Å². The van der Waals surface area contributed by atoms with Gasteiger partial charge >= 0.3 is 6.03 Å². The summed E-state index contributed by atoms with van der Waals surface area (Å²) in [5, 5.41) is 4.15. The van der Waals surface area contributed by atoms with E-state index in [1.165, 1.54) is 15.8 Å². The van der Waals surface area contributed by atoms with E-state index in [0.29, 0.717) is 5.41 Å². The second kappa shape index (κ2) is 6.30. The van der Waals surface area contributed by atoms with Crippen molar-refractivity contribution in [3.63, 3.8) is 0 Å². The van der Waals surface area contributed by atoms with Gasteiger partial charge in [0.15, 0.2) is 0 Å². The normalized spacial score (nSPS) is 19.8. The molecule has 0 aliphatic carbocycles. The van der Waals surface area contributed by atoms with Gasteiger partial charge in [-0.2, -0.15) is 9.78 Å². The number of aromatic nitrogens is 2. The van der Waals surface area contributed by atoms with E-state index >= 15 is 0 Å². The molecule has 132 valence electrons. The molecule has 25 heavy (non-hydrogen) atoms. The maximum atomic E-state index is 12.5. The number of carbonyl (C=O) groups is 1. The fourth-order valence-corrected chi connectivity index (χ4v) is 4.19. The third-order valence-electron chi connectivity index (χ3n) is 5.78. The van der Waals surface area contributed by atoms with E-state index in [1.54, 1.807) is 12.4 Å². The number of hydrogen-bond donors (Lipinski definition) is 0. The van der Waals surface area contributed by atoms with E-state index in [1.807, 2.05) is 11.8 Å². The van der Waals surface area contributed by atoms with E-state index in [9.17, 15) is 4.79 Å². The summed E-state index contributed by atoms with van der Waals surface area (Å²) < 4.78 is 1.47. The van der Waals surface area contributed by atoms with Crippen molar-refractivity contribution in [1.82, 2.24) is 19.6 Å². The first-order valence-electron chi connectivity index (χ1n) is 9.12. The zero-order valence-electron chi connectivity index (χ0n) is 15.1. The average Bonchev–Trinajstić information content (AvgIpc) is 3.02. The Morgan fingerprint density at radius 2 is 1.88 bits per heavy atom. The van der Waals surface area contributed by atoms with Crippen LogP contribution in [0, 0.1) is 19.3 Å². The molecule has 1 amide bonds. The van der Waals surface area contributed by atoms with Gasteiger partial charge in [0, 0.05) is 38.9 Å². The largest absolute Gasteiger partial charge is 0.344 e. The first-order valence-corrected chi connectivity index (χ1v) is 9.12. The summed E-state index contributed by atoms with van der Waals surface area (Å²) in [6, 6.07) is 8.65. The van der Waals surface area contributed by atoms with Crippen molar-refractivity contribution in [2.75, 3.05) is 26.2 Å². The van der Waals surface area contributed by atoms with Crippen LogP contribution in [0.5, 0.6) is 0 Å². The van der Waals surface area contributed by atoms with Crippen LogP contribution in [-0.2, 0) is 6.54 Å². The second-order valence-corrected chi connectivity index (χ2v) is 7.80. The Bertz CT molecular complexity index is 766. The summed E-state index contributed by atoms with van der Waals surface area (Å²) in [5.41, 5.74) is 4.24. The highest BCUT2D eigenvalue weighted by Crippen LogP contribution is 2.41. The number of piperidine rings is 1. The highest BCUT2D eigenvalue weighted by atomic mass is 16.2. The quantitative estimate of drug-likeness (QED) is 0.845. The van der Waals surface area contributed by atoms with Crippen molar-refractivity contribution in [3.8, 4) is 0 Å². The van der Waals surface area contributed by atoms with Gasteiger partial charge in [0.05, 0.1) is 6.20 Å². The van der Waals surface area contributed by atoms with Gasteiger partial charge in [-0.1, -0.05) is 24.3 Å². The topological polar surface area (TPSA) is 41.4 Å². The first-order chi connectivity index (χ1) is 12.0. The molecule has 1 spiro atoms. The summed E-state index contributed by atoms with van der Waals surface area (Å²) in [6.45, 7) is 9.19. The molecule has 0 bridgehead atoms. The Balaban J connectivity index is 1.30. The number of aryl methyl sites for hydroxylation is 2. The molecule has 5 nitrogen and oxygen atoms in total. The average molecular weight is 338 g/mol. The van der Waals surface area contributed by atoms with Crippen LogP contribution in [0.25, 0.3) is 0 Å². The van der Waals surface area contributed by atoms with Crippen molar-refractivity contribution < 1.29 is 4.79 Å². The molecule has 0 atom stereocenters. The number of hydrogen-bond acceptors (Lipinski definition) is 3. The summed E-state index contributed by atoms with van der Waals surface area (Å²) in [5.74, 6) is 0. The molecule has 0 unspecified atom stereocenters. The van der Waals surface area contributed by atoms with Crippen molar-refractivity contribution >= 4 is 6.03 Å². The van der Waals surface area contributed by atoms with Crippen LogP contribution in [0.2, 0.25) is 0 Å². The Hall–Kier alpha value is -2.14. The van der Waals surface area contributed by atoms with E-state index in [4.69, 9.17) is 0 Å². The molecule has 1 aromatic heterocycles. The lowest BCUT2D eigenvalue weighted by molar-refractivity contribution is -0.0444. The smallest absolute Gasteiger partial charge is 0.323 e. The van der Waals surface area contributed by atoms with E-state index < -0.39 is 0 Å². The van der Waals surface area contributed by atoms with E-state index in [-0.39, 0.29) is 6.03 Å². The molecule has 0 N–H and O–H groups in total. The fourth-order valence-electron chi connectivity index (χ4n) is 4.19. The van der Waals surface area contributed by atoms with Gasteiger partial charge in [-0.3, -0.25) is 4.90 Å². The number of benzene rings is 1. The van der Waals surface area contributed by atoms with Gasteiger partial charge in [-0.25, -0.2) is 4.79 Å².